The lowest BCUT2D eigenvalue weighted by Crippen LogP contribution is -2.05. The van der Waals surface area contributed by atoms with Gasteiger partial charge in [0.15, 0.2) is 0 Å². The summed E-state index contributed by atoms with van der Waals surface area (Å²) in [5.41, 5.74) is 6.04. The maximum Gasteiger partial charge on any atom is 0.416 e. The second-order valence-corrected chi connectivity index (χ2v) is 3.91. The molecule has 0 aliphatic carbocycles. The van der Waals surface area contributed by atoms with Crippen LogP contribution in [0.15, 0.2) is 30.6 Å². The van der Waals surface area contributed by atoms with Crippen LogP contribution in [0.2, 0.25) is 0 Å². The molecule has 0 atom stereocenters. The molecule has 94 valence electrons. The number of alkyl halides is 3. The van der Waals surface area contributed by atoms with Crippen LogP contribution in [0, 0.1) is 6.92 Å². The molecule has 1 aromatic heterocycles. The first-order chi connectivity index (χ1) is 8.36. The molecule has 6 heteroatoms. The van der Waals surface area contributed by atoms with Crippen molar-refractivity contribution in [2.45, 2.75) is 13.1 Å². The molecule has 0 fully saturated rings. The number of hydrogen-bond acceptors (Lipinski definition) is 3. The zero-order chi connectivity index (χ0) is 13.3. The van der Waals surface area contributed by atoms with Gasteiger partial charge in [-0.15, -0.1) is 0 Å². The van der Waals surface area contributed by atoms with E-state index in [2.05, 4.69) is 9.97 Å². The summed E-state index contributed by atoms with van der Waals surface area (Å²) < 4.78 is 38.1. The van der Waals surface area contributed by atoms with Crippen molar-refractivity contribution in [3.8, 4) is 11.3 Å². The van der Waals surface area contributed by atoms with Crippen molar-refractivity contribution in [2.24, 2.45) is 0 Å². The van der Waals surface area contributed by atoms with E-state index >= 15 is 0 Å². The Morgan fingerprint density at radius 3 is 2.39 bits per heavy atom. The first-order valence-corrected chi connectivity index (χ1v) is 5.13. The molecule has 0 saturated carbocycles. The van der Waals surface area contributed by atoms with E-state index in [0.29, 0.717) is 16.8 Å². The van der Waals surface area contributed by atoms with E-state index in [-0.39, 0.29) is 5.82 Å². The summed E-state index contributed by atoms with van der Waals surface area (Å²) in [6.07, 6.45) is -3.15. The first kappa shape index (κ1) is 12.3. The third kappa shape index (κ3) is 2.58. The van der Waals surface area contributed by atoms with E-state index in [9.17, 15) is 13.2 Å². The number of nitrogens with two attached hydrogens (primary N) is 1. The molecule has 0 radical (unpaired) electrons. The lowest BCUT2D eigenvalue weighted by Gasteiger charge is -2.10. The lowest BCUT2D eigenvalue weighted by molar-refractivity contribution is -0.137. The first-order valence-electron chi connectivity index (χ1n) is 5.13. The molecule has 0 unspecified atom stereocenters. The number of benzene rings is 1. The van der Waals surface area contributed by atoms with Crippen LogP contribution in [-0.2, 0) is 6.18 Å². The lowest BCUT2D eigenvalue weighted by atomic mass is 10.0. The Kier molecular flexibility index (Phi) is 2.94. The molecule has 18 heavy (non-hydrogen) atoms. The summed E-state index contributed by atoms with van der Waals surface area (Å²) in [7, 11) is 0. The molecule has 3 nitrogen and oxygen atoms in total. The van der Waals surface area contributed by atoms with Crippen molar-refractivity contribution in [3.05, 3.63) is 41.7 Å². The molecule has 0 amide bonds. The quantitative estimate of drug-likeness (QED) is 0.849. The topological polar surface area (TPSA) is 51.8 Å². The Hall–Kier alpha value is -2.11. The van der Waals surface area contributed by atoms with Crippen LogP contribution in [0.4, 0.5) is 19.0 Å². The average Bonchev–Trinajstić information content (AvgIpc) is 2.27. The monoisotopic (exact) mass is 253 g/mol. The molecule has 2 aromatic rings. The summed E-state index contributed by atoms with van der Waals surface area (Å²) in [6, 6.07) is 5.20. The van der Waals surface area contributed by atoms with Gasteiger partial charge in [0.1, 0.15) is 12.1 Å². The van der Waals surface area contributed by atoms with Crippen LogP contribution in [0.5, 0.6) is 0 Å². The predicted octanol–water partition coefficient (Wildman–Crippen LogP) is 3.05. The SMILES string of the molecule is Cc1cc(-c2cc(N)ncn2)cc(C(F)(F)F)c1. The molecule has 1 aromatic carbocycles. The number of hydrogen-bond donors (Lipinski definition) is 1. The van der Waals surface area contributed by atoms with Gasteiger partial charge in [-0.2, -0.15) is 13.2 Å². The number of anilines is 1. The number of aryl methyl sites for hydroxylation is 1. The largest absolute Gasteiger partial charge is 0.416 e. The van der Waals surface area contributed by atoms with Gasteiger partial charge in [0.25, 0.3) is 0 Å². The van der Waals surface area contributed by atoms with Gasteiger partial charge in [-0.05, 0) is 30.7 Å². The van der Waals surface area contributed by atoms with Crippen LogP contribution in [0.25, 0.3) is 11.3 Å². The highest BCUT2D eigenvalue weighted by atomic mass is 19.4. The van der Waals surface area contributed by atoms with Crippen molar-refractivity contribution < 1.29 is 13.2 Å². The van der Waals surface area contributed by atoms with Crippen LogP contribution >= 0.6 is 0 Å². The van der Waals surface area contributed by atoms with E-state index in [0.717, 1.165) is 12.1 Å². The number of aromatic nitrogens is 2. The Morgan fingerprint density at radius 1 is 1.06 bits per heavy atom. The normalized spacial score (nSPS) is 11.6. The second kappa shape index (κ2) is 4.29. The number of nitrogens with zero attached hydrogens (tertiary/aromatic N) is 2. The highest BCUT2D eigenvalue weighted by Gasteiger charge is 2.31. The van der Waals surface area contributed by atoms with Gasteiger partial charge in [-0.3, -0.25) is 0 Å². The minimum atomic E-state index is -4.38. The van der Waals surface area contributed by atoms with E-state index in [4.69, 9.17) is 5.73 Å². The van der Waals surface area contributed by atoms with Gasteiger partial charge in [0.05, 0.1) is 11.3 Å². The average molecular weight is 253 g/mol. The molecule has 0 saturated heterocycles. The summed E-state index contributed by atoms with van der Waals surface area (Å²) in [5.74, 6) is 0.218. The van der Waals surface area contributed by atoms with E-state index in [1.807, 2.05) is 0 Å². The van der Waals surface area contributed by atoms with Gasteiger partial charge in [-0.1, -0.05) is 0 Å². The van der Waals surface area contributed by atoms with E-state index < -0.39 is 11.7 Å². The molecular weight excluding hydrogens is 243 g/mol. The van der Waals surface area contributed by atoms with Gasteiger partial charge in [-0.25, -0.2) is 9.97 Å². The van der Waals surface area contributed by atoms with Gasteiger partial charge in [0, 0.05) is 11.6 Å². The summed E-state index contributed by atoms with van der Waals surface area (Å²) in [5, 5.41) is 0. The third-order valence-corrected chi connectivity index (χ3v) is 2.39. The van der Waals surface area contributed by atoms with Gasteiger partial charge in [0.2, 0.25) is 0 Å². The predicted molar refractivity (Wildman–Crippen MR) is 61.6 cm³/mol. The fraction of sp³-hybridized carbons (Fsp3) is 0.167. The van der Waals surface area contributed by atoms with Gasteiger partial charge >= 0.3 is 6.18 Å². The van der Waals surface area contributed by atoms with Crippen molar-refractivity contribution in [1.82, 2.24) is 9.97 Å². The maximum atomic E-state index is 12.7. The fourth-order valence-corrected chi connectivity index (χ4v) is 1.62. The Bertz CT molecular complexity index is 579. The molecule has 0 aliphatic rings. The van der Waals surface area contributed by atoms with Crippen molar-refractivity contribution in [1.29, 1.82) is 0 Å². The van der Waals surface area contributed by atoms with Crippen molar-refractivity contribution in [2.75, 3.05) is 5.73 Å². The highest BCUT2D eigenvalue weighted by molar-refractivity contribution is 5.63. The summed E-state index contributed by atoms with van der Waals surface area (Å²) in [4.78, 5) is 7.62. The van der Waals surface area contributed by atoms with Gasteiger partial charge < -0.3 is 5.73 Å². The fourth-order valence-electron chi connectivity index (χ4n) is 1.62. The zero-order valence-corrected chi connectivity index (χ0v) is 9.49. The van der Waals surface area contributed by atoms with Crippen LogP contribution in [-0.4, -0.2) is 9.97 Å². The Morgan fingerprint density at radius 2 is 1.78 bits per heavy atom. The summed E-state index contributed by atoms with van der Waals surface area (Å²) in [6.45, 7) is 1.60. The minimum Gasteiger partial charge on any atom is -0.384 e. The van der Waals surface area contributed by atoms with Crippen LogP contribution < -0.4 is 5.73 Å². The molecule has 1 heterocycles. The van der Waals surface area contributed by atoms with E-state index in [1.165, 1.54) is 12.4 Å². The summed E-state index contributed by atoms with van der Waals surface area (Å²) >= 11 is 0. The molecule has 0 spiro atoms. The molecular formula is C12H10F3N3. The molecule has 0 bridgehead atoms. The van der Waals surface area contributed by atoms with Crippen molar-refractivity contribution >= 4 is 5.82 Å². The second-order valence-electron chi connectivity index (χ2n) is 3.91. The highest BCUT2D eigenvalue weighted by Crippen LogP contribution is 2.32. The van der Waals surface area contributed by atoms with Crippen LogP contribution in [0.3, 0.4) is 0 Å². The minimum absolute atomic E-state index is 0.218. The zero-order valence-electron chi connectivity index (χ0n) is 9.49. The third-order valence-electron chi connectivity index (χ3n) is 2.39. The van der Waals surface area contributed by atoms with E-state index in [1.54, 1.807) is 13.0 Å². The Balaban J connectivity index is 2.55. The molecule has 0 aliphatic heterocycles. The standard InChI is InChI=1S/C12H10F3N3/c1-7-2-8(4-9(3-7)12(13,14)15)10-5-11(16)18-6-17-10/h2-6H,1H3,(H2,16,17,18). The maximum absolute atomic E-state index is 12.7. The smallest absolute Gasteiger partial charge is 0.384 e. The van der Waals surface area contributed by atoms with Crippen molar-refractivity contribution in [3.63, 3.8) is 0 Å². The molecule has 2 N–H and O–H groups in total. The number of rotatable bonds is 1. The number of halogens is 3. The molecule has 2 rings (SSSR count). The number of nitrogen functional groups attached to an aromatic ring is 1. The van der Waals surface area contributed by atoms with Crippen LogP contribution in [0.1, 0.15) is 11.1 Å². The Labute approximate surface area is 101 Å².